The number of hydrogen-bond acceptors (Lipinski definition) is 2. The van der Waals surface area contributed by atoms with Crippen LogP contribution in [0.15, 0.2) is 152 Å². The summed E-state index contributed by atoms with van der Waals surface area (Å²) in [5.41, 5.74) is 11.6. The largest absolute Gasteiger partial charge is 0.309 e. The van der Waals surface area contributed by atoms with Crippen LogP contribution in [0.4, 0.5) is 0 Å². The van der Waals surface area contributed by atoms with Gasteiger partial charge in [0.05, 0.1) is 11.0 Å². The average molecular weight is 656 g/mol. The van der Waals surface area contributed by atoms with Crippen molar-refractivity contribution in [3.05, 3.63) is 152 Å². The second-order valence-corrected chi connectivity index (χ2v) is 15.4. The van der Waals surface area contributed by atoms with Gasteiger partial charge in [0.1, 0.15) is 0 Å². The van der Waals surface area contributed by atoms with Crippen molar-refractivity contribution < 1.29 is 0 Å². The summed E-state index contributed by atoms with van der Waals surface area (Å²) < 4.78 is 7.80. The van der Waals surface area contributed by atoms with Crippen LogP contribution >= 0.6 is 22.7 Å². The highest BCUT2D eigenvalue weighted by atomic mass is 32.1. The molecule has 0 unspecified atom stereocenters. The fourth-order valence-corrected chi connectivity index (χ4v) is 10.8. The van der Waals surface area contributed by atoms with Gasteiger partial charge in [0.15, 0.2) is 0 Å². The highest BCUT2D eigenvalue weighted by molar-refractivity contribution is 7.26. The molecule has 0 aliphatic heterocycles. The minimum absolute atomic E-state index is 1.20. The lowest BCUT2D eigenvalue weighted by Gasteiger charge is -2.10. The Morgan fingerprint density at radius 2 is 0.959 bits per heavy atom. The van der Waals surface area contributed by atoms with Crippen LogP contribution in [-0.2, 0) is 0 Å². The third-order valence-electron chi connectivity index (χ3n) is 10.7. The number of aromatic nitrogens is 1. The Morgan fingerprint density at radius 3 is 1.86 bits per heavy atom. The number of hydrogen-bond donors (Lipinski definition) is 0. The molecular weight excluding hydrogens is 631 g/mol. The molecule has 12 rings (SSSR count). The summed E-state index contributed by atoms with van der Waals surface area (Å²) in [6, 6.07) is 56.9. The summed E-state index contributed by atoms with van der Waals surface area (Å²) in [5.74, 6) is 0. The molecule has 0 fully saturated rings. The van der Waals surface area contributed by atoms with E-state index in [9.17, 15) is 0 Å². The lowest BCUT2D eigenvalue weighted by Crippen LogP contribution is -1.93. The zero-order chi connectivity index (χ0) is 31.8. The molecule has 0 saturated heterocycles. The molecule has 3 heterocycles. The molecule has 0 N–H and O–H groups in total. The van der Waals surface area contributed by atoms with Gasteiger partial charge in [-0.3, -0.25) is 0 Å². The normalized spacial score (nSPS) is 12.5. The average Bonchev–Trinajstić information content (AvgIpc) is 3.89. The standard InChI is InChI=1S/C46H25NS2/c1-2-9-30-29(8-1)34-13-7-12-33-28(18-19-35(30)46(33)34)26-16-20-43-37(22-26)38-23-27(17-21-44(38)48-43)47-40-14-5-3-10-31(40)36-25-45-39(24-41(36)47)32-11-4-6-15-42(32)49-45/h1-25H. The molecule has 1 nitrogen and oxygen atoms in total. The van der Waals surface area contributed by atoms with Gasteiger partial charge in [-0.05, 0) is 98.8 Å². The molecule has 11 aromatic rings. The zero-order valence-corrected chi connectivity index (χ0v) is 27.8. The molecule has 1 aliphatic rings. The SMILES string of the molecule is c1ccc2c(c1)-c1cccc3c(-c4ccc5sc6ccc(-n7c8ccccc8c8cc9sc%10ccccc%10c9cc87)cc6c5c4)ccc-2c13. The smallest absolute Gasteiger partial charge is 0.0548 e. The number of nitrogens with zero attached hydrogens (tertiary/aromatic N) is 1. The maximum Gasteiger partial charge on any atom is 0.0548 e. The van der Waals surface area contributed by atoms with E-state index in [0.717, 1.165) is 0 Å². The van der Waals surface area contributed by atoms with E-state index in [1.807, 2.05) is 22.7 Å². The first kappa shape index (κ1) is 26.2. The van der Waals surface area contributed by atoms with Crippen LogP contribution in [0.5, 0.6) is 0 Å². The van der Waals surface area contributed by atoms with E-state index >= 15 is 0 Å². The highest BCUT2D eigenvalue weighted by Gasteiger charge is 2.23. The predicted molar refractivity (Wildman–Crippen MR) is 214 cm³/mol. The fourth-order valence-electron chi connectivity index (χ4n) is 8.60. The van der Waals surface area contributed by atoms with Gasteiger partial charge < -0.3 is 4.57 Å². The van der Waals surface area contributed by atoms with Crippen molar-refractivity contribution in [3.8, 4) is 39.1 Å². The van der Waals surface area contributed by atoms with Gasteiger partial charge in [0.2, 0.25) is 0 Å². The van der Waals surface area contributed by atoms with Gasteiger partial charge in [0, 0.05) is 56.8 Å². The Morgan fingerprint density at radius 1 is 0.327 bits per heavy atom. The van der Waals surface area contributed by atoms with Crippen LogP contribution < -0.4 is 0 Å². The summed E-state index contributed by atoms with van der Waals surface area (Å²) in [6.45, 7) is 0. The number of para-hydroxylation sites is 1. The maximum atomic E-state index is 2.48. The summed E-state index contributed by atoms with van der Waals surface area (Å²) in [7, 11) is 0. The Bertz CT molecular complexity index is 3190. The molecule has 0 amide bonds. The molecule has 1 aliphatic carbocycles. The first-order chi connectivity index (χ1) is 24.3. The number of fused-ring (bicyclic) bond motifs is 12. The van der Waals surface area contributed by atoms with E-state index in [0.29, 0.717) is 0 Å². The molecule has 0 radical (unpaired) electrons. The van der Waals surface area contributed by atoms with Crippen molar-refractivity contribution in [2.45, 2.75) is 0 Å². The van der Waals surface area contributed by atoms with Crippen molar-refractivity contribution in [3.63, 3.8) is 0 Å². The van der Waals surface area contributed by atoms with Gasteiger partial charge in [0.25, 0.3) is 0 Å². The summed E-state index contributed by atoms with van der Waals surface area (Å²) in [4.78, 5) is 0. The predicted octanol–water partition coefficient (Wildman–Crippen LogP) is 14.0. The molecule has 226 valence electrons. The number of benzene rings is 8. The molecular formula is C46H25NS2. The number of rotatable bonds is 2. The van der Waals surface area contributed by atoms with E-state index in [1.54, 1.807) is 0 Å². The van der Waals surface area contributed by atoms with Gasteiger partial charge >= 0.3 is 0 Å². The molecule has 0 spiro atoms. The Balaban J connectivity index is 1.09. The first-order valence-corrected chi connectivity index (χ1v) is 18.4. The van der Waals surface area contributed by atoms with Gasteiger partial charge in [-0.2, -0.15) is 0 Å². The molecule has 0 atom stereocenters. The molecule has 49 heavy (non-hydrogen) atoms. The molecule has 3 aromatic heterocycles. The monoisotopic (exact) mass is 655 g/mol. The minimum atomic E-state index is 1.20. The fraction of sp³-hybridized carbons (Fsp3) is 0. The van der Waals surface area contributed by atoms with Crippen molar-refractivity contribution in [1.29, 1.82) is 0 Å². The topological polar surface area (TPSA) is 4.93 Å². The quantitative estimate of drug-likeness (QED) is 0.175. The van der Waals surface area contributed by atoms with Crippen LogP contribution in [-0.4, -0.2) is 4.57 Å². The van der Waals surface area contributed by atoms with Crippen molar-refractivity contribution in [2.24, 2.45) is 0 Å². The molecule has 0 bridgehead atoms. The summed E-state index contributed by atoms with van der Waals surface area (Å²) in [6.07, 6.45) is 0. The summed E-state index contributed by atoms with van der Waals surface area (Å²) in [5, 5.41) is 10.6. The number of thiophene rings is 2. The van der Waals surface area contributed by atoms with E-state index < -0.39 is 0 Å². The van der Waals surface area contributed by atoms with Crippen LogP contribution in [0.1, 0.15) is 0 Å². The Kier molecular flexibility index (Phi) is 5.06. The van der Waals surface area contributed by atoms with Crippen molar-refractivity contribution >= 4 is 95.6 Å². The van der Waals surface area contributed by atoms with Crippen LogP contribution in [0.2, 0.25) is 0 Å². The highest BCUT2D eigenvalue weighted by Crippen LogP contribution is 2.50. The van der Waals surface area contributed by atoms with Gasteiger partial charge in [-0.15, -0.1) is 22.7 Å². The summed E-state index contributed by atoms with van der Waals surface area (Å²) >= 11 is 3.77. The van der Waals surface area contributed by atoms with Crippen LogP contribution in [0, 0.1) is 0 Å². The molecule has 0 saturated carbocycles. The van der Waals surface area contributed by atoms with E-state index in [-0.39, 0.29) is 0 Å². The van der Waals surface area contributed by atoms with Gasteiger partial charge in [-0.1, -0.05) is 97.1 Å². The third kappa shape index (κ3) is 3.48. The second kappa shape index (κ2) is 9.45. The van der Waals surface area contributed by atoms with E-state index in [4.69, 9.17) is 0 Å². The van der Waals surface area contributed by atoms with Crippen molar-refractivity contribution in [2.75, 3.05) is 0 Å². The van der Waals surface area contributed by atoms with Crippen LogP contribution in [0.3, 0.4) is 0 Å². The van der Waals surface area contributed by atoms with E-state index in [2.05, 4.69) is 156 Å². The van der Waals surface area contributed by atoms with Crippen molar-refractivity contribution in [1.82, 2.24) is 4.57 Å². The Hall–Kier alpha value is -5.74. The molecule has 8 aromatic carbocycles. The Labute approximate surface area is 289 Å². The zero-order valence-electron chi connectivity index (χ0n) is 26.2. The lowest BCUT2D eigenvalue weighted by atomic mass is 9.93. The van der Waals surface area contributed by atoms with E-state index in [1.165, 1.54) is 112 Å². The minimum Gasteiger partial charge on any atom is -0.309 e. The second-order valence-electron chi connectivity index (χ2n) is 13.2. The maximum absolute atomic E-state index is 2.48. The first-order valence-electron chi connectivity index (χ1n) is 16.8. The van der Waals surface area contributed by atoms with Crippen LogP contribution in [0.25, 0.3) is 112 Å². The molecule has 3 heteroatoms. The third-order valence-corrected chi connectivity index (χ3v) is 13.0. The lowest BCUT2D eigenvalue weighted by molar-refractivity contribution is 1.19. The van der Waals surface area contributed by atoms with Gasteiger partial charge in [-0.25, -0.2) is 0 Å².